The molecule has 1 saturated heterocycles. The minimum Gasteiger partial charge on any atom is -0.455 e. The van der Waals surface area contributed by atoms with Crippen molar-refractivity contribution in [2.24, 2.45) is 0 Å². The van der Waals surface area contributed by atoms with Gasteiger partial charge in [0.05, 0.1) is 18.7 Å². The summed E-state index contributed by atoms with van der Waals surface area (Å²) in [6.07, 6.45) is 1.33. The molecule has 2 rings (SSSR count). The van der Waals surface area contributed by atoms with E-state index in [9.17, 15) is 14.4 Å². The number of carbonyl (C=O) groups is 3. The fraction of sp³-hybridized carbons (Fsp3) is 0.600. The predicted octanol–water partition coefficient (Wildman–Crippen LogP) is 0.507. The van der Waals surface area contributed by atoms with Crippen LogP contribution in [0, 0.1) is 0 Å². The second kappa shape index (κ2) is 8.74. The van der Waals surface area contributed by atoms with Gasteiger partial charge in [-0.3, -0.25) is 19.3 Å². The monoisotopic (exact) mass is 355 g/mol. The second-order valence-corrected chi connectivity index (χ2v) is 6.37. The van der Waals surface area contributed by atoms with Crippen molar-refractivity contribution in [1.29, 1.82) is 0 Å². The van der Waals surface area contributed by atoms with Crippen LogP contribution < -0.4 is 10.2 Å². The van der Waals surface area contributed by atoms with Crippen molar-refractivity contribution < 1.29 is 23.9 Å². The van der Waals surface area contributed by atoms with E-state index in [0.717, 1.165) is 6.42 Å². The molecule has 1 N–H and O–H groups in total. The Morgan fingerprint density at radius 1 is 1.50 bits per heavy atom. The number of hydrogen-bond acceptors (Lipinski definition) is 7. The minimum absolute atomic E-state index is 0.0283. The summed E-state index contributed by atoms with van der Waals surface area (Å²) in [6.45, 7) is 2.50. The van der Waals surface area contributed by atoms with Gasteiger partial charge in [-0.1, -0.05) is 0 Å². The Morgan fingerprint density at radius 3 is 2.96 bits per heavy atom. The van der Waals surface area contributed by atoms with Gasteiger partial charge in [0, 0.05) is 31.5 Å². The van der Waals surface area contributed by atoms with E-state index in [2.05, 4.69) is 10.3 Å². The smallest absolute Gasteiger partial charge is 0.312 e. The number of nitrogens with one attached hydrogen (secondary N) is 1. The maximum absolute atomic E-state index is 11.8. The van der Waals surface area contributed by atoms with E-state index in [4.69, 9.17) is 9.47 Å². The minimum atomic E-state index is -0.533. The van der Waals surface area contributed by atoms with Gasteiger partial charge >= 0.3 is 5.97 Å². The summed E-state index contributed by atoms with van der Waals surface area (Å²) in [5, 5.41) is 4.98. The van der Waals surface area contributed by atoms with E-state index in [1.807, 2.05) is 0 Å². The fourth-order valence-corrected chi connectivity index (χ4v) is 3.17. The number of thiazole rings is 1. The fourth-order valence-electron chi connectivity index (χ4n) is 2.30. The molecule has 1 aliphatic rings. The SMILES string of the molecule is COCC(C)NC(=O)COC(=O)Cc1csc(N2CCCC2=O)n1. The molecule has 8 nitrogen and oxygen atoms in total. The Bertz CT molecular complexity index is 604. The molecule has 1 aromatic rings. The van der Waals surface area contributed by atoms with E-state index < -0.39 is 5.97 Å². The van der Waals surface area contributed by atoms with Crippen molar-refractivity contribution in [3.63, 3.8) is 0 Å². The van der Waals surface area contributed by atoms with Crippen LogP contribution in [0.15, 0.2) is 5.38 Å². The number of ether oxygens (including phenoxy) is 2. The van der Waals surface area contributed by atoms with Crippen LogP contribution >= 0.6 is 11.3 Å². The lowest BCUT2D eigenvalue weighted by molar-refractivity contribution is -0.148. The number of nitrogens with zero attached hydrogens (tertiary/aromatic N) is 2. The van der Waals surface area contributed by atoms with Crippen molar-refractivity contribution in [2.75, 3.05) is 31.8 Å². The highest BCUT2D eigenvalue weighted by molar-refractivity contribution is 7.14. The van der Waals surface area contributed by atoms with Gasteiger partial charge in [-0.25, -0.2) is 4.98 Å². The third-order valence-corrected chi connectivity index (χ3v) is 4.27. The van der Waals surface area contributed by atoms with Gasteiger partial charge in [-0.15, -0.1) is 11.3 Å². The van der Waals surface area contributed by atoms with Crippen molar-refractivity contribution in [3.8, 4) is 0 Å². The Hall–Kier alpha value is -2.00. The molecular weight excluding hydrogens is 334 g/mol. The zero-order valence-corrected chi connectivity index (χ0v) is 14.6. The normalized spacial score (nSPS) is 15.4. The molecule has 0 spiro atoms. The highest BCUT2D eigenvalue weighted by atomic mass is 32.1. The number of carbonyl (C=O) groups excluding carboxylic acids is 3. The molecule has 2 amide bonds. The van der Waals surface area contributed by atoms with Crippen LogP contribution in [0.2, 0.25) is 0 Å². The second-order valence-electron chi connectivity index (χ2n) is 5.53. The van der Waals surface area contributed by atoms with Crippen LogP contribution in [0.1, 0.15) is 25.5 Å². The molecule has 0 radical (unpaired) electrons. The molecule has 1 atom stereocenters. The zero-order valence-electron chi connectivity index (χ0n) is 13.7. The molecule has 0 aliphatic carbocycles. The van der Waals surface area contributed by atoms with E-state index in [0.29, 0.717) is 30.4 Å². The molecule has 0 bridgehead atoms. The Balaban J connectivity index is 1.75. The largest absolute Gasteiger partial charge is 0.455 e. The number of hydrogen-bond donors (Lipinski definition) is 1. The molecule has 24 heavy (non-hydrogen) atoms. The highest BCUT2D eigenvalue weighted by Crippen LogP contribution is 2.25. The number of anilines is 1. The number of rotatable bonds is 8. The van der Waals surface area contributed by atoms with Gasteiger partial charge in [0.1, 0.15) is 0 Å². The van der Waals surface area contributed by atoms with Crippen LogP contribution in [-0.4, -0.2) is 55.7 Å². The van der Waals surface area contributed by atoms with E-state index >= 15 is 0 Å². The molecule has 2 heterocycles. The van der Waals surface area contributed by atoms with E-state index in [-0.39, 0.29) is 30.9 Å². The molecule has 1 aromatic heterocycles. The third-order valence-electron chi connectivity index (χ3n) is 3.36. The summed E-state index contributed by atoms with van der Waals surface area (Å²) in [7, 11) is 1.54. The molecule has 9 heteroatoms. The predicted molar refractivity (Wildman–Crippen MR) is 87.8 cm³/mol. The van der Waals surface area contributed by atoms with Crippen LogP contribution in [-0.2, 0) is 30.3 Å². The number of methoxy groups -OCH3 is 1. The van der Waals surface area contributed by atoms with Crippen LogP contribution in [0.4, 0.5) is 5.13 Å². The first-order chi connectivity index (χ1) is 11.5. The van der Waals surface area contributed by atoms with Gasteiger partial charge in [-0.05, 0) is 13.3 Å². The molecule has 1 fully saturated rings. The maximum Gasteiger partial charge on any atom is 0.312 e. The van der Waals surface area contributed by atoms with Crippen LogP contribution in [0.25, 0.3) is 0 Å². The Morgan fingerprint density at radius 2 is 2.29 bits per heavy atom. The first-order valence-corrected chi connectivity index (χ1v) is 8.56. The molecule has 132 valence electrons. The number of amides is 2. The van der Waals surface area contributed by atoms with Crippen LogP contribution in [0.3, 0.4) is 0 Å². The van der Waals surface area contributed by atoms with Gasteiger partial charge in [0.25, 0.3) is 5.91 Å². The summed E-state index contributed by atoms with van der Waals surface area (Å²) in [5.41, 5.74) is 0.535. The first kappa shape index (κ1) is 18.3. The highest BCUT2D eigenvalue weighted by Gasteiger charge is 2.24. The Labute approximate surface area is 144 Å². The standard InChI is InChI=1S/C15H21N3O5S/c1-10(7-22-2)16-12(19)8-23-14(21)6-11-9-24-15(17-11)18-5-3-4-13(18)20/h9-10H,3-8H2,1-2H3,(H,16,19). The molecule has 0 aromatic carbocycles. The summed E-state index contributed by atoms with van der Waals surface area (Å²) < 4.78 is 9.84. The summed E-state index contributed by atoms with van der Waals surface area (Å²) in [5.74, 6) is -0.857. The lowest BCUT2D eigenvalue weighted by atomic mass is 10.3. The van der Waals surface area contributed by atoms with E-state index in [1.165, 1.54) is 11.3 Å². The lowest BCUT2D eigenvalue weighted by Gasteiger charge is -2.12. The van der Waals surface area contributed by atoms with Gasteiger partial charge in [-0.2, -0.15) is 0 Å². The van der Waals surface area contributed by atoms with Crippen molar-refractivity contribution in [1.82, 2.24) is 10.3 Å². The van der Waals surface area contributed by atoms with Gasteiger partial charge in [0.2, 0.25) is 5.91 Å². The third kappa shape index (κ3) is 5.27. The molecular formula is C15H21N3O5S. The quantitative estimate of drug-likeness (QED) is 0.682. The average Bonchev–Trinajstić information content (AvgIpc) is 3.14. The maximum atomic E-state index is 11.8. The zero-order chi connectivity index (χ0) is 17.5. The van der Waals surface area contributed by atoms with Crippen molar-refractivity contribution in [3.05, 3.63) is 11.1 Å². The summed E-state index contributed by atoms with van der Waals surface area (Å²) >= 11 is 1.32. The summed E-state index contributed by atoms with van der Waals surface area (Å²) in [4.78, 5) is 41.0. The Kier molecular flexibility index (Phi) is 6.68. The lowest BCUT2D eigenvalue weighted by Crippen LogP contribution is -2.38. The molecule has 1 unspecified atom stereocenters. The van der Waals surface area contributed by atoms with Crippen molar-refractivity contribution in [2.45, 2.75) is 32.2 Å². The molecule has 0 saturated carbocycles. The van der Waals surface area contributed by atoms with Gasteiger partial charge < -0.3 is 14.8 Å². The summed E-state index contributed by atoms with van der Waals surface area (Å²) in [6, 6.07) is -0.153. The van der Waals surface area contributed by atoms with Crippen LogP contribution in [0.5, 0.6) is 0 Å². The average molecular weight is 355 g/mol. The first-order valence-electron chi connectivity index (χ1n) is 7.68. The van der Waals surface area contributed by atoms with Crippen molar-refractivity contribution >= 4 is 34.3 Å². The topological polar surface area (TPSA) is 97.8 Å². The van der Waals surface area contributed by atoms with Gasteiger partial charge in [0.15, 0.2) is 11.7 Å². The number of aromatic nitrogens is 1. The van der Waals surface area contributed by atoms with E-state index in [1.54, 1.807) is 24.3 Å². The number of esters is 1. The molecule has 1 aliphatic heterocycles.